The van der Waals surface area contributed by atoms with Gasteiger partial charge in [0.2, 0.25) is 5.91 Å². The molecule has 3 heterocycles. The number of rotatable bonds is 4. The minimum atomic E-state index is 0.0355. The largest absolute Gasteiger partial charge is 0.341 e. The van der Waals surface area contributed by atoms with Crippen LogP contribution in [0.2, 0.25) is 0 Å². The average molecular weight is 306 g/mol. The highest BCUT2D eigenvalue weighted by Crippen LogP contribution is 2.32. The van der Waals surface area contributed by atoms with Gasteiger partial charge in [-0.05, 0) is 38.8 Å². The maximum atomic E-state index is 12.5. The van der Waals surface area contributed by atoms with E-state index in [0.717, 1.165) is 39.0 Å². The number of fused-ring (bicyclic) bond motifs is 1. The van der Waals surface area contributed by atoms with Gasteiger partial charge in [-0.1, -0.05) is 0 Å². The number of nitrogens with zero attached hydrogens (tertiary/aromatic N) is 3. The van der Waals surface area contributed by atoms with Crippen LogP contribution in [0.15, 0.2) is 0 Å². The molecular weight excluding hydrogens is 280 g/mol. The molecule has 0 radical (unpaired) electrons. The van der Waals surface area contributed by atoms with Crippen molar-refractivity contribution in [2.24, 2.45) is 11.8 Å². The molecule has 1 aliphatic carbocycles. The number of nitrogens with one attached hydrogen (secondary N) is 1. The van der Waals surface area contributed by atoms with Crippen LogP contribution in [-0.2, 0) is 4.79 Å². The molecule has 0 spiro atoms. The van der Waals surface area contributed by atoms with Gasteiger partial charge in [0, 0.05) is 44.7 Å². The van der Waals surface area contributed by atoms with Gasteiger partial charge in [0.1, 0.15) is 0 Å². The summed E-state index contributed by atoms with van der Waals surface area (Å²) < 4.78 is 0. The summed E-state index contributed by atoms with van der Waals surface area (Å²) in [6, 6.07) is 0.425. The van der Waals surface area contributed by atoms with Gasteiger partial charge in [0.25, 0.3) is 0 Å². The highest BCUT2D eigenvalue weighted by molar-refractivity contribution is 5.84. The van der Waals surface area contributed by atoms with Crippen molar-refractivity contribution in [2.75, 3.05) is 45.8 Å². The van der Waals surface area contributed by atoms with Crippen molar-refractivity contribution in [3.63, 3.8) is 0 Å². The van der Waals surface area contributed by atoms with Crippen LogP contribution in [-0.4, -0.2) is 78.5 Å². The molecule has 6 heteroatoms. The van der Waals surface area contributed by atoms with E-state index in [0.29, 0.717) is 18.5 Å². The standard InChI is InChI=1S/C16H26N4O2/c21-15-14-11-20(16(22)17-13-3-4-13)10-12(14)9-19(15)8-7-18-5-1-2-6-18/h12-14H,1-11H2,(H,17,22)/t12-,14+/m0/s1. The summed E-state index contributed by atoms with van der Waals surface area (Å²) in [6.45, 7) is 6.44. The lowest BCUT2D eigenvalue weighted by atomic mass is 10.0. The average Bonchev–Trinajstić information content (AvgIpc) is 2.92. The molecule has 3 amide bonds. The maximum Gasteiger partial charge on any atom is 0.317 e. The lowest BCUT2D eigenvalue weighted by molar-refractivity contribution is -0.131. The molecule has 0 unspecified atom stereocenters. The van der Waals surface area contributed by atoms with Crippen LogP contribution in [0.5, 0.6) is 0 Å². The van der Waals surface area contributed by atoms with Crippen molar-refractivity contribution in [3.8, 4) is 0 Å². The van der Waals surface area contributed by atoms with Crippen LogP contribution in [0.1, 0.15) is 25.7 Å². The molecule has 3 aliphatic heterocycles. The van der Waals surface area contributed by atoms with Crippen molar-refractivity contribution in [2.45, 2.75) is 31.7 Å². The summed E-state index contributed by atoms with van der Waals surface area (Å²) in [6.07, 6.45) is 4.81. The highest BCUT2D eigenvalue weighted by Gasteiger charge is 2.47. The summed E-state index contributed by atoms with van der Waals surface area (Å²) in [4.78, 5) is 31.0. The van der Waals surface area contributed by atoms with Crippen LogP contribution in [0.4, 0.5) is 4.79 Å². The van der Waals surface area contributed by atoms with E-state index in [1.807, 2.05) is 9.80 Å². The monoisotopic (exact) mass is 306 g/mol. The number of hydrogen-bond acceptors (Lipinski definition) is 3. The van der Waals surface area contributed by atoms with Crippen LogP contribution in [0.3, 0.4) is 0 Å². The molecule has 2 atom stereocenters. The summed E-state index contributed by atoms with van der Waals surface area (Å²) in [5.41, 5.74) is 0. The van der Waals surface area contributed by atoms with E-state index in [4.69, 9.17) is 0 Å². The molecule has 3 saturated heterocycles. The molecule has 122 valence electrons. The van der Waals surface area contributed by atoms with Gasteiger partial charge in [-0.3, -0.25) is 4.79 Å². The third-order valence-corrected chi connectivity index (χ3v) is 5.60. The fourth-order valence-electron chi connectivity index (χ4n) is 4.07. The second-order valence-electron chi connectivity index (χ2n) is 7.33. The van der Waals surface area contributed by atoms with Crippen molar-refractivity contribution < 1.29 is 9.59 Å². The van der Waals surface area contributed by atoms with Gasteiger partial charge in [0.15, 0.2) is 0 Å². The van der Waals surface area contributed by atoms with Gasteiger partial charge < -0.3 is 20.0 Å². The normalized spacial score (nSPS) is 31.9. The molecule has 0 aromatic rings. The number of amides is 3. The lowest BCUT2D eigenvalue weighted by Gasteiger charge is -2.24. The maximum absolute atomic E-state index is 12.5. The molecule has 4 fully saturated rings. The number of carbonyl (C=O) groups is 2. The Morgan fingerprint density at radius 2 is 1.86 bits per heavy atom. The first kappa shape index (κ1) is 14.3. The Labute approximate surface area is 131 Å². The zero-order valence-electron chi connectivity index (χ0n) is 13.2. The predicted octanol–water partition coefficient (Wildman–Crippen LogP) is 0.344. The smallest absolute Gasteiger partial charge is 0.317 e. The minimum Gasteiger partial charge on any atom is -0.341 e. The van der Waals surface area contributed by atoms with E-state index in [1.54, 1.807) is 0 Å². The van der Waals surface area contributed by atoms with E-state index in [2.05, 4.69) is 10.2 Å². The zero-order chi connectivity index (χ0) is 15.1. The second kappa shape index (κ2) is 5.72. The van der Waals surface area contributed by atoms with E-state index >= 15 is 0 Å². The van der Waals surface area contributed by atoms with Gasteiger partial charge in [-0.25, -0.2) is 4.79 Å². The molecule has 4 rings (SSSR count). The van der Waals surface area contributed by atoms with Crippen molar-refractivity contribution >= 4 is 11.9 Å². The zero-order valence-corrected chi connectivity index (χ0v) is 13.2. The molecule has 1 saturated carbocycles. The Hall–Kier alpha value is -1.30. The number of urea groups is 1. The molecular formula is C16H26N4O2. The lowest BCUT2D eigenvalue weighted by Crippen LogP contribution is -2.43. The molecule has 0 bridgehead atoms. The molecule has 0 aromatic heterocycles. The first-order valence-electron chi connectivity index (χ1n) is 8.77. The number of hydrogen-bond donors (Lipinski definition) is 1. The molecule has 6 nitrogen and oxygen atoms in total. The summed E-state index contributed by atoms with van der Waals surface area (Å²) in [5.74, 6) is 0.658. The second-order valence-corrected chi connectivity index (χ2v) is 7.33. The van der Waals surface area contributed by atoms with Crippen LogP contribution in [0, 0.1) is 11.8 Å². The van der Waals surface area contributed by atoms with Gasteiger partial charge in [-0.15, -0.1) is 0 Å². The van der Waals surface area contributed by atoms with E-state index < -0.39 is 0 Å². The van der Waals surface area contributed by atoms with Crippen molar-refractivity contribution in [1.29, 1.82) is 0 Å². The first-order chi connectivity index (χ1) is 10.7. The highest BCUT2D eigenvalue weighted by atomic mass is 16.2. The number of carbonyl (C=O) groups excluding carboxylic acids is 2. The Morgan fingerprint density at radius 3 is 2.55 bits per heavy atom. The van der Waals surface area contributed by atoms with Crippen molar-refractivity contribution in [1.82, 2.24) is 20.0 Å². The molecule has 0 aromatic carbocycles. The van der Waals surface area contributed by atoms with Gasteiger partial charge >= 0.3 is 6.03 Å². The predicted molar refractivity (Wildman–Crippen MR) is 82.4 cm³/mol. The Balaban J connectivity index is 1.27. The first-order valence-corrected chi connectivity index (χ1v) is 8.77. The van der Waals surface area contributed by atoms with Crippen molar-refractivity contribution in [3.05, 3.63) is 0 Å². The summed E-state index contributed by atoms with van der Waals surface area (Å²) in [7, 11) is 0. The molecule has 22 heavy (non-hydrogen) atoms. The van der Waals surface area contributed by atoms with Gasteiger partial charge in [0.05, 0.1) is 5.92 Å². The minimum absolute atomic E-state index is 0.0355. The van der Waals surface area contributed by atoms with E-state index in [1.165, 1.54) is 25.9 Å². The van der Waals surface area contributed by atoms with E-state index in [9.17, 15) is 9.59 Å². The Morgan fingerprint density at radius 1 is 1.09 bits per heavy atom. The summed E-state index contributed by atoms with van der Waals surface area (Å²) >= 11 is 0. The summed E-state index contributed by atoms with van der Waals surface area (Å²) in [5, 5.41) is 3.03. The van der Waals surface area contributed by atoms with E-state index in [-0.39, 0.29) is 17.9 Å². The van der Waals surface area contributed by atoms with Crippen LogP contribution < -0.4 is 5.32 Å². The Bertz CT molecular complexity index is 459. The van der Waals surface area contributed by atoms with Crippen LogP contribution >= 0.6 is 0 Å². The van der Waals surface area contributed by atoms with Crippen LogP contribution in [0.25, 0.3) is 0 Å². The third kappa shape index (κ3) is 2.81. The quantitative estimate of drug-likeness (QED) is 0.815. The molecule has 1 N–H and O–H groups in total. The Kier molecular flexibility index (Phi) is 3.72. The number of likely N-dealkylation sites (tertiary alicyclic amines) is 3. The topological polar surface area (TPSA) is 55.9 Å². The molecule has 4 aliphatic rings. The third-order valence-electron chi connectivity index (χ3n) is 5.60. The SMILES string of the molecule is O=C(NC1CC1)N1C[C@@H]2CN(CCN3CCCC3)C(=O)[C@@H]2C1. The fourth-order valence-corrected chi connectivity index (χ4v) is 4.07. The van der Waals surface area contributed by atoms with Gasteiger partial charge in [-0.2, -0.15) is 0 Å². The fraction of sp³-hybridized carbons (Fsp3) is 0.875.